The predicted octanol–water partition coefficient (Wildman–Crippen LogP) is -16.1. The van der Waals surface area contributed by atoms with Gasteiger partial charge in [-0.25, -0.2) is 111 Å². The van der Waals surface area contributed by atoms with Crippen molar-refractivity contribution in [1.82, 2.24) is 0 Å². The summed E-state index contributed by atoms with van der Waals surface area (Å²) in [6.45, 7) is 49.3. The number of allylic oxidation sites excluding steroid dienone is 6. The molecule has 0 unspecified atom stereocenters. The van der Waals surface area contributed by atoms with Gasteiger partial charge in [0.05, 0.1) is 90.1 Å². The van der Waals surface area contributed by atoms with E-state index in [0.29, 0.717) is 19.1 Å². The number of nitriles is 6. The number of methoxy groups -OCH3 is 2. The second kappa shape index (κ2) is 70.7. The monoisotopic (exact) mass is 1910 g/mol. The molecule has 0 fully saturated rings. The maximum Gasteiger partial charge on any atom is 1.00 e. The number of benzene rings is 6. The summed E-state index contributed by atoms with van der Waals surface area (Å²) in [6.07, 6.45) is 0.919. The van der Waals surface area contributed by atoms with Crippen molar-refractivity contribution in [3.8, 4) is 42.2 Å². The number of carbonyl (C=O) groups is 1. The molecular formula is C68H26K12N12O3S12. The molecule has 6 aromatic carbocycles. The van der Waals surface area contributed by atoms with E-state index in [1.54, 1.807) is 25.3 Å². The molecule has 0 atom stereocenters. The smallest absolute Gasteiger partial charge is 0.579 e. The molecule has 6 heterocycles. The molecule has 0 radical (unpaired) electrons. The van der Waals surface area contributed by atoms with Gasteiger partial charge in [-0.15, -0.1) is 26.5 Å². The molecule has 6 aliphatic heterocycles. The Balaban J connectivity index is -0.000000280. The van der Waals surface area contributed by atoms with Gasteiger partial charge in [-0.2, -0.15) is 161 Å². The third-order valence-corrected chi connectivity index (χ3v) is 25.8. The van der Waals surface area contributed by atoms with Gasteiger partial charge in [0.15, 0.2) is 5.97 Å². The summed E-state index contributed by atoms with van der Waals surface area (Å²) < 4.78 is 13.9. The van der Waals surface area contributed by atoms with Crippen molar-refractivity contribution in [2.45, 2.75) is 92.9 Å². The summed E-state index contributed by atoms with van der Waals surface area (Å²) in [4.78, 5) is 41.4. The number of hydrogen-bond acceptors (Lipinski definition) is 21. The molecule has 107 heavy (non-hydrogen) atoms. The zero-order chi connectivity index (χ0) is 68.7. The van der Waals surface area contributed by atoms with Crippen LogP contribution in [-0.4, -0.2) is 20.2 Å². The van der Waals surface area contributed by atoms with E-state index in [4.69, 9.17) is 75.7 Å². The molecule has 0 amide bonds. The van der Waals surface area contributed by atoms with Crippen LogP contribution in [0.3, 0.4) is 0 Å². The van der Waals surface area contributed by atoms with Crippen molar-refractivity contribution in [2.75, 3.05) is 14.2 Å². The van der Waals surface area contributed by atoms with E-state index in [0.717, 1.165) is 99.5 Å². The summed E-state index contributed by atoms with van der Waals surface area (Å²) in [6, 6.07) is 59.1. The predicted molar refractivity (Wildman–Crippen MR) is 372 cm³/mol. The summed E-state index contributed by atoms with van der Waals surface area (Å²) in [5.74, 6) is 0.122. The van der Waals surface area contributed by atoms with E-state index in [2.05, 4.69) is 114 Å². The van der Waals surface area contributed by atoms with E-state index in [1.807, 2.05) is 69.3 Å². The fraction of sp³-hybridized carbons (Fsp3) is 0.103. The first-order valence-corrected chi connectivity index (χ1v) is 35.4. The number of rotatable bonds is 3. The van der Waals surface area contributed by atoms with Crippen molar-refractivity contribution >= 4 is 147 Å². The Morgan fingerprint density at radius 2 is 0.626 bits per heavy atom. The van der Waals surface area contributed by atoms with Gasteiger partial charge in [-0.05, 0) is 0 Å². The van der Waals surface area contributed by atoms with Crippen molar-refractivity contribution in [3.05, 3.63) is 265 Å². The van der Waals surface area contributed by atoms with Crippen molar-refractivity contribution in [2.24, 2.45) is 0 Å². The Morgan fingerprint density at radius 3 is 0.925 bits per heavy atom. The van der Waals surface area contributed by atoms with E-state index in [9.17, 15) is 4.79 Å². The van der Waals surface area contributed by atoms with Gasteiger partial charge < -0.3 is 68.9 Å². The van der Waals surface area contributed by atoms with E-state index in [1.165, 1.54) is 154 Å². The maximum absolute atomic E-state index is 11.3. The maximum atomic E-state index is 11.3. The molecule has 0 saturated carbocycles. The van der Waals surface area contributed by atoms with Crippen molar-refractivity contribution in [1.29, 1.82) is 31.6 Å². The number of thioether (sulfide) groups is 12. The summed E-state index contributed by atoms with van der Waals surface area (Å²) in [7, 11) is 2.86. The number of esters is 1. The molecule has 15 nitrogen and oxygen atoms in total. The molecule has 6 aliphatic rings. The molecule has 0 aromatic heterocycles. The van der Waals surface area contributed by atoms with Crippen LogP contribution in [0, 0.1) is 201 Å². The molecule has 0 spiro atoms. The fourth-order valence-corrected chi connectivity index (χ4v) is 20.3. The molecule has 0 aliphatic carbocycles. The average Bonchev–Trinajstić information content (AvgIpc) is 1.70. The number of fused-ring (bicyclic) bond motifs is 6. The van der Waals surface area contributed by atoms with E-state index < -0.39 is 5.97 Å². The first-order valence-electron chi connectivity index (χ1n) is 25.6. The van der Waals surface area contributed by atoms with Crippen LogP contribution in [0.15, 0.2) is 155 Å². The van der Waals surface area contributed by atoms with E-state index in [-0.39, 0.29) is 656 Å². The molecule has 0 saturated heterocycles. The van der Waals surface area contributed by atoms with Crippen LogP contribution in [0.1, 0.15) is 39.5 Å². The van der Waals surface area contributed by atoms with Crippen LogP contribution in [0.5, 0.6) is 5.75 Å². The molecule has 460 valence electrons. The molecule has 39 heteroatoms. The molecular weight excluding hydrogens is 1890 g/mol. The Bertz CT molecular complexity index is 4730. The molecule has 12 rings (SSSR count). The molecule has 6 aromatic rings. The van der Waals surface area contributed by atoms with Gasteiger partial charge in [0.2, 0.25) is 0 Å². The Morgan fingerprint density at radius 1 is 0.364 bits per heavy atom. The van der Waals surface area contributed by atoms with Gasteiger partial charge in [0.1, 0.15) is 0 Å². The van der Waals surface area contributed by atoms with Crippen molar-refractivity contribution < 1.29 is 631 Å². The third-order valence-electron chi connectivity index (χ3n) is 11.3. The number of nitrogens with zero attached hydrogens (tertiary/aromatic N) is 12. The standard InChI is InChI=1S/C12H4N2O2S2.2C12H6N2S2.C11H4N2OS2.C11H4N2S2.C10H2N2S2.12K/c1-14-8(6-13)12-17-9-4-3-7(11(15)16-2)5-10(9)18-12;1-7-4-10-11(5-8(7)2)16-12(15-10)9(6-13)14-3;1-3-8-4-5-10-11(6-8)16-12(15-10)9(7-13)14-2;1-13-8(6-12)11-15-9-4-3-7(14-2)5-10(9)16-11;1-7-3-4-9-10(5-7)15-11(14-9)8(6-12)13-2;1-12-7(6-11)10-13-8-4-2-3-5-9(8)14-10;;;;;;;;;;;;/h3H,2H3;1-2H3;4H,3H2,1H3;3H,2H3;3H,1H3;2-3H;;;;;;;;;;;;/q6*-2;12*+1/b12-8+;;12-9+;2*11-8+;;;;;;;;;;;;;. The number of hydrogen-bond donors (Lipinski definition) is 0. The SMILES string of the molecule is [C-]#[N+]/C(C#N)=C1\Sc2[c-]cc(C(=O)OC)[c-]c2S1.[C-]#[N+]/C(C#N)=C1\Sc2[c-]cc(C)[c-]c2S1.[C-]#[N+]/C(C#N)=C1\Sc2[c-]cc(CC)[c-]c2S1.[C-]#[N+]/C(C#N)=C1\Sc2[c-]cc(OC)[c-]c2S1.[C-]#[N+]C(C#N)=C1Sc2[c-]c(C)c(C)[c-]c2S1.[C-]#[N+]C(C#N)=C1Sc2[c-]cc[c-]c2S1.[K+].[K+].[K+].[K+].[K+].[K+].[K+].[K+].[K+].[K+].[K+].[K+]. The zero-order valence-corrected chi connectivity index (χ0v) is 108. The quantitative estimate of drug-likeness (QED) is 0.0699. The first kappa shape index (κ1) is 129. The normalized spacial score (nSPS) is 13.3. The number of ether oxygens (including phenoxy) is 2. The fourth-order valence-electron chi connectivity index (χ4n) is 6.72. The van der Waals surface area contributed by atoms with Gasteiger partial charge in [-0.1, -0.05) is 13.3 Å². The number of aryl methyl sites for hydroxylation is 4. The minimum absolute atomic E-state index is 0. The van der Waals surface area contributed by atoms with Crippen LogP contribution in [-0.2, 0) is 11.2 Å². The van der Waals surface area contributed by atoms with Gasteiger partial charge in [-0.3, -0.25) is 70.8 Å². The zero-order valence-electron chi connectivity index (χ0n) is 61.2. The average molecular weight is 1910 g/mol. The topological polar surface area (TPSA) is 204 Å². The Kier molecular flexibility index (Phi) is 84.9. The van der Waals surface area contributed by atoms with Crippen LogP contribution in [0.2, 0.25) is 0 Å². The van der Waals surface area contributed by atoms with Gasteiger partial charge >= 0.3 is 617 Å². The first-order chi connectivity index (χ1) is 46.0. The summed E-state index contributed by atoms with van der Waals surface area (Å²) >= 11 is 16.7. The van der Waals surface area contributed by atoms with Crippen molar-refractivity contribution in [3.63, 3.8) is 0 Å². The van der Waals surface area contributed by atoms with Crippen LogP contribution < -0.4 is 621 Å². The van der Waals surface area contributed by atoms with Crippen LogP contribution >= 0.6 is 141 Å². The minimum Gasteiger partial charge on any atom is -0.579 e. The minimum atomic E-state index is -0.484. The van der Waals surface area contributed by atoms with Gasteiger partial charge in [0.25, 0.3) is 34.2 Å². The molecule has 0 bridgehead atoms. The third kappa shape index (κ3) is 40.1. The second-order valence-electron chi connectivity index (χ2n) is 17.1. The summed E-state index contributed by atoms with van der Waals surface area (Å²) in [5, 5.41) is 52.6. The molecule has 0 N–H and O–H groups in total. The Hall–Kier alpha value is 10.7. The van der Waals surface area contributed by atoms with Crippen LogP contribution in [0.4, 0.5) is 0 Å². The summed E-state index contributed by atoms with van der Waals surface area (Å²) in [5.41, 5.74) is 5.32. The number of carbonyl (C=O) groups excluding carboxylic acids is 1. The van der Waals surface area contributed by atoms with Crippen LogP contribution in [0.25, 0.3) is 29.1 Å². The van der Waals surface area contributed by atoms with Gasteiger partial charge in [0, 0.05) is 25.4 Å². The van der Waals surface area contributed by atoms with E-state index >= 15 is 0 Å². The Labute approximate surface area is 1190 Å². The largest absolute Gasteiger partial charge is 1.00 e. The second-order valence-corrected chi connectivity index (χ2v) is 30.9.